The molecule has 0 radical (unpaired) electrons. The number of esters is 2. The topological polar surface area (TPSA) is 56.3 Å². The molecule has 0 saturated carbocycles. The molecule has 0 amide bonds. The summed E-state index contributed by atoms with van der Waals surface area (Å²) < 4.78 is 39.6. The fraction of sp³-hybridized carbons (Fsp3) is 0.0833. The number of halogens is 3. The molecule has 0 spiro atoms. The molecule has 0 aliphatic heterocycles. The van der Waals surface area contributed by atoms with Gasteiger partial charge in [-0.25, -0.2) is 9.59 Å². The predicted molar refractivity (Wildman–Crippen MR) is 58.2 cm³/mol. The quantitative estimate of drug-likeness (QED) is 0.589. The second kappa shape index (κ2) is 4.68. The average Bonchev–Trinajstić information content (AvgIpc) is 2.37. The van der Waals surface area contributed by atoms with E-state index in [2.05, 4.69) is 9.72 Å². The Bertz CT molecular complexity index is 652. The third kappa shape index (κ3) is 2.87. The number of ether oxygens (including phenoxy) is 1. The molecular weight excluding hydrogens is 263 g/mol. The zero-order chi connectivity index (χ0) is 14.0. The largest absolute Gasteiger partial charge is 0.491 e. The van der Waals surface area contributed by atoms with Crippen molar-refractivity contribution in [3.8, 4) is 0 Å². The fourth-order valence-electron chi connectivity index (χ4n) is 1.40. The molecule has 0 saturated heterocycles. The monoisotopic (exact) mass is 269 g/mol. The van der Waals surface area contributed by atoms with Crippen LogP contribution in [0.4, 0.5) is 13.2 Å². The number of nitrogens with zero attached hydrogens (tertiary/aromatic N) is 1. The van der Waals surface area contributed by atoms with Crippen LogP contribution in [0.2, 0.25) is 0 Å². The second-order valence-electron chi connectivity index (χ2n) is 3.59. The molecule has 0 N–H and O–H groups in total. The molecule has 1 heterocycles. The van der Waals surface area contributed by atoms with Crippen LogP contribution in [0.1, 0.15) is 10.4 Å². The standard InChI is InChI=1S/C12H6F3NO3/c13-12(14,15)11(18)19-10(17)8-3-4-9-7(6-8)2-1-5-16-9/h1-6H. The van der Waals surface area contributed by atoms with Gasteiger partial charge in [-0.3, -0.25) is 4.98 Å². The van der Waals surface area contributed by atoms with Gasteiger partial charge in [0.05, 0.1) is 11.1 Å². The summed E-state index contributed by atoms with van der Waals surface area (Å²) in [6.45, 7) is 0. The van der Waals surface area contributed by atoms with E-state index in [9.17, 15) is 22.8 Å². The molecule has 0 aliphatic rings. The van der Waals surface area contributed by atoms with Crippen LogP contribution in [0.5, 0.6) is 0 Å². The SMILES string of the molecule is O=C(OC(=O)C(F)(F)F)c1ccc2ncccc2c1. The van der Waals surface area contributed by atoms with Crippen molar-refractivity contribution in [2.75, 3.05) is 0 Å². The Morgan fingerprint density at radius 1 is 1.16 bits per heavy atom. The third-order valence-electron chi connectivity index (χ3n) is 2.26. The molecule has 1 aromatic heterocycles. The Hall–Kier alpha value is -2.44. The molecule has 1 aromatic carbocycles. The van der Waals surface area contributed by atoms with Crippen molar-refractivity contribution in [2.24, 2.45) is 0 Å². The van der Waals surface area contributed by atoms with Crippen LogP contribution in [-0.2, 0) is 9.53 Å². The molecule has 4 nitrogen and oxygen atoms in total. The zero-order valence-corrected chi connectivity index (χ0v) is 9.27. The van der Waals surface area contributed by atoms with Crippen molar-refractivity contribution in [1.82, 2.24) is 4.98 Å². The summed E-state index contributed by atoms with van der Waals surface area (Å²) in [5.41, 5.74) is 0.416. The summed E-state index contributed by atoms with van der Waals surface area (Å²) >= 11 is 0. The first-order valence-corrected chi connectivity index (χ1v) is 5.06. The first kappa shape index (κ1) is 13.0. The van der Waals surface area contributed by atoms with Crippen molar-refractivity contribution in [3.63, 3.8) is 0 Å². The highest BCUT2D eigenvalue weighted by atomic mass is 19.4. The highest BCUT2D eigenvalue weighted by molar-refractivity contribution is 6.00. The van der Waals surface area contributed by atoms with Gasteiger partial charge in [0.25, 0.3) is 0 Å². The molecule has 0 unspecified atom stereocenters. The molecule has 0 aliphatic carbocycles. The van der Waals surface area contributed by atoms with Crippen LogP contribution in [0.3, 0.4) is 0 Å². The maximum Gasteiger partial charge on any atom is 0.491 e. The molecular formula is C12H6F3NO3. The third-order valence-corrected chi connectivity index (χ3v) is 2.26. The van der Waals surface area contributed by atoms with Crippen molar-refractivity contribution >= 4 is 22.8 Å². The molecule has 2 aromatic rings. The number of carbonyl (C=O) groups is 2. The van der Waals surface area contributed by atoms with Gasteiger partial charge in [0.1, 0.15) is 0 Å². The Balaban J connectivity index is 2.25. The summed E-state index contributed by atoms with van der Waals surface area (Å²) in [4.78, 5) is 25.9. The molecule has 19 heavy (non-hydrogen) atoms. The Morgan fingerprint density at radius 3 is 2.58 bits per heavy atom. The van der Waals surface area contributed by atoms with Crippen molar-refractivity contribution in [2.45, 2.75) is 6.18 Å². The van der Waals surface area contributed by atoms with Gasteiger partial charge in [0.2, 0.25) is 0 Å². The van der Waals surface area contributed by atoms with Gasteiger partial charge in [-0.2, -0.15) is 13.2 Å². The van der Waals surface area contributed by atoms with Gasteiger partial charge < -0.3 is 4.74 Å². The summed E-state index contributed by atoms with van der Waals surface area (Å²) in [5, 5.41) is 0.552. The van der Waals surface area contributed by atoms with Crippen LogP contribution < -0.4 is 0 Å². The van der Waals surface area contributed by atoms with Gasteiger partial charge in [-0.15, -0.1) is 0 Å². The van der Waals surface area contributed by atoms with Gasteiger partial charge in [0.15, 0.2) is 0 Å². The minimum Gasteiger partial charge on any atom is -0.383 e. The van der Waals surface area contributed by atoms with Crippen LogP contribution in [0.25, 0.3) is 10.9 Å². The number of rotatable bonds is 1. The van der Waals surface area contributed by atoms with E-state index >= 15 is 0 Å². The molecule has 0 atom stereocenters. The lowest BCUT2D eigenvalue weighted by molar-refractivity contribution is -0.193. The van der Waals surface area contributed by atoms with E-state index < -0.39 is 18.1 Å². The maximum absolute atomic E-state index is 11.9. The lowest BCUT2D eigenvalue weighted by Crippen LogP contribution is -2.28. The number of hydrogen-bond donors (Lipinski definition) is 0. The first-order chi connectivity index (χ1) is 8.88. The molecule has 7 heteroatoms. The van der Waals surface area contributed by atoms with Gasteiger partial charge in [-0.05, 0) is 24.3 Å². The number of benzene rings is 1. The van der Waals surface area contributed by atoms with E-state index in [1.54, 1.807) is 12.1 Å². The number of fused-ring (bicyclic) bond motifs is 1. The number of alkyl halides is 3. The number of aromatic nitrogens is 1. The van der Waals surface area contributed by atoms with Crippen molar-refractivity contribution < 1.29 is 27.5 Å². The summed E-state index contributed by atoms with van der Waals surface area (Å²) in [6.07, 6.45) is -3.67. The van der Waals surface area contributed by atoms with Crippen molar-refractivity contribution in [3.05, 3.63) is 42.1 Å². The number of hydrogen-bond acceptors (Lipinski definition) is 4. The molecule has 2 rings (SSSR count). The summed E-state index contributed by atoms with van der Waals surface area (Å²) in [7, 11) is 0. The predicted octanol–water partition coefficient (Wildman–Crippen LogP) is 2.48. The fourth-order valence-corrected chi connectivity index (χ4v) is 1.40. The molecule has 98 valence electrons. The summed E-state index contributed by atoms with van der Waals surface area (Å²) in [5.74, 6) is -3.89. The van der Waals surface area contributed by atoms with Crippen LogP contribution >= 0.6 is 0 Å². The van der Waals surface area contributed by atoms with E-state index in [-0.39, 0.29) is 5.56 Å². The normalized spacial score (nSPS) is 11.3. The van der Waals surface area contributed by atoms with Crippen LogP contribution in [0.15, 0.2) is 36.5 Å². The van der Waals surface area contributed by atoms with Crippen LogP contribution in [0, 0.1) is 0 Å². The first-order valence-electron chi connectivity index (χ1n) is 5.06. The van der Waals surface area contributed by atoms with Crippen molar-refractivity contribution in [1.29, 1.82) is 0 Å². The molecule has 0 fully saturated rings. The number of carbonyl (C=O) groups excluding carboxylic acids is 2. The highest BCUT2D eigenvalue weighted by Gasteiger charge is 2.42. The summed E-state index contributed by atoms with van der Waals surface area (Å²) in [6, 6.07) is 7.22. The Kier molecular flexibility index (Phi) is 3.20. The second-order valence-corrected chi connectivity index (χ2v) is 3.59. The zero-order valence-electron chi connectivity index (χ0n) is 9.27. The lowest BCUT2D eigenvalue weighted by Gasteiger charge is -2.06. The lowest BCUT2D eigenvalue weighted by atomic mass is 10.1. The van der Waals surface area contributed by atoms with E-state index in [1.807, 2.05) is 0 Å². The average molecular weight is 269 g/mol. The van der Waals surface area contributed by atoms with E-state index in [4.69, 9.17) is 0 Å². The van der Waals surface area contributed by atoms with Gasteiger partial charge >= 0.3 is 18.1 Å². The van der Waals surface area contributed by atoms with E-state index in [0.29, 0.717) is 10.9 Å². The minimum atomic E-state index is -5.20. The van der Waals surface area contributed by atoms with E-state index in [0.717, 1.165) is 0 Å². The minimum absolute atomic E-state index is 0.155. The molecule has 0 bridgehead atoms. The van der Waals surface area contributed by atoms with Crippen LogP contribution in [-0.4, -0.2) is 23.1 Å². The number of pyridine rings is 1. The smallest absolute Gasteiger partial charge is 0.383 e. The van der Waals surface area contributed by atoms with Gasteiger partial charge in [0, 0.05) is 11.6 Å². The Morgan fingerprint density at radius 2 is 1.89 bits per heavy atom. The Labute approximate surface area is 104 Å². The maximum atomic E-state index is 11.9. The van der Waals surface area contributed by atoms with Gasteiger partial charge in [-0.1, -0.05) is 6.07 Å². The highest BCUT2D eigenvalue weighted by Crippen LogP contribution is 2.19. The van der Waals surface area contributed by atoms with E-state index in [1.165, 1.54) is 24.4 Å².